The lowest BCUT2D eigenvalue weighted by Gasteiger charge is -2.29. The zero-order valence-electron chi connectivity index (χ0n) is 14.7. The first-order chi connectivity index (χ1) is 11.4. The summed E-state index contributed by atoms with van der Waals surface area (Å²) in [4.78, 5) is 3.16. The zero-order valence-corrected chi connectivity index (χ0v) is 16.3. The zero-order chi connectivity index (χ0) is 17.3. The molecule has 1 N–H and O–H groups in total. The molecule has 132 valence electrons. The van der Waals surface area contributed by atoms with Crippen molar-refractivity contribution in [2.24, 2.45) is 5.92 Å². The average molecular weight is 366 g/mol. The van der Waals surface area contributed by atoms with Gasteiger partial charge in [-0.1, -0.05) is 55.4 Å². The summed E-state index contributed by atoms with van der Waals surface area (Å²) in [5.74, 6) is 0.892. The first-order valence-electron chi connectivity index (χ1n) is 8.65. The Morgan fingerprint density at radius 1 is 1.33 bits per heavy atom. The van der Waals surface area contributed by atoms with E-state index in [0.717, 1.165) is 23.0 Å². The smallest absolute Gasteiger partial charge is 0.218 e. The van der Waals surface area contributed by atoms with Gasteiger partial charge in [0.2, 0.25) is 5.37 Å². The van der Waals surface area contributed by atoms with Gasteiger partial charge in [0.05, 0.1) is 16.9 Å². The molecule has 0 amide bonds. The first kappa shape index (κ1) is 18.1. The summed E-state index contributed by atoms with van der Waals surface area (Å²) in [6, 6.07) is 9.95. The van der Waals surface area contributed by atoms with Crippen molar-refractivity contribution in [2.45, 2.75) is 44.0 Å². The van der Waals surface area contributed by atoms with Crippen LogP contribution in [0.4, 0.5) is 0 Å². The number of thiocarbonyl (C=S) groups is 1. The SMILES string of the molecule is CNC(c1ccccc1)[S+]([O-])N1CN(CCC2CC2)C(C)(C)C1=S. The second-order valence-electron chi connectivity index (χ2n) is 7.24. The largest absolute Gasteiger partial charge is 0.591 e. The van der Waals surface area contributed by atoms with Crippen LogP contribution in [0.25, 0.3) is 0 Å². The second-order valence-corrected chi connectivity index (χ2v) is 9.09. The van der Waals surface area contributed by atoms with Crippen molar-refractivity contribution in [1.29, 1.82) is 0 Å². The standard InChI is InChI=1S/C18H27N3OS2/c1-18(2)17(23)21(13-20(18)12-11-14-9-10-14)24(22)16(19-3)15-7-5-4-6-8-15/h4-8,14,16,19H,9-13H2,1-3H3. The molecule has 6 heteroatoms. The summed E-state index contributed by atoms with van der Waals surface area (Å²) in [5, 5.41) is 2.95. The molecule has 1 heterocycles. The molecule has 2 unspecified atom stereocenters. The lowest BCUT2D eigenvalue weighted by molar-refractivity contribution is 0.189. The van der Waals surface area contributed by atoms with Crippen molar-refractivity contribution >= 4 is 28.6 Å². The Morgan fingerprint density at radius 2 is 2.00 bits per heavy atom. The van der Waals surface area contributed by atoms with Crippen molar-refractivity contribution in [3.05, 3.63) is 35.9 Å². The maximum Gasteiger partial charge on any atom is 0.218 e. The van der Waals surface area contributed by atoms with Crippen LogP contribution in [0.3, 0.4) is 0 Å². The Labute approximate surface area is 153 Å². The Hall–Kier alpha value is -0.660. The minimum Gasteiger partial charge on any atom is -0.591 e. The van der Waals surface area contributed by atoms with E-state index in [1.54, 1.807) is 0 Å². The fourth-order valence-electron chi connectivity index (χ4n) is 3.21. The summed E-state index contributed by atoms with van der Waals surface area (Å²) in [5.41, 5.74) is 0.810. The molecule has 1 aliphatic heterocycles. The van der Waals surface area contributed by atoms with Gasteiger partial charge in [0.1, 0.15) is 11.7 Å². The van der Waals surface area contributed by atoms with E-state index in [1.807, 2.05) is 41.7 Å². The third-order valence-corrected chi connectivity index (χ3v) is 7.61. The summed E-state index contributed by atoms with van der Waals surface area (Å²) in [6.45, 7) is 5.98. The molecule has 2 atom stereocenters. The van der Waals surface area contributed by atoms with E-state index < -0.39 is 11.4 Å². The lowest BCUT2D eigenvalue weighted by Crippen LogP contribution is -2.44. The molecule has 0 spiro atoms. The quantitative estimate of drug-likeness (QED) is 0.594. The van der Waals surface area contributed by atoms with E-state index in [2.05, 4.69) is 24.1 Å². The van der Waals surface area contributed by atoms with E-state index in [9.17, 15) is 4.55 Å². The van der Waals surface area contributed by atoms with Crippen LogP contribution in [0.5, 0.6) is 0 Å². The van der Waals surface area contributed by atoms with Crippen LogP contribution >= 0.6 is 12.2 Å². The molecule has 0 bridgehead atoms. The van der Waals surface area contributed by atoms with Crippen molar-refractivity contribution in [3.8, 4) is 0 Å². The first-order valence-corrected chi connectivity index (χ1v) is 10.2. The highest BCUT2D eigenvalue weighted by atomic mass is 32.2. The molecule has 1 saturated carbocycles. The van der Waals surface area contributed by atoms with Crippen LogP contribution in [0.1, 0.15) is 44.0 Å². The molecule has 0 radical (unpaired) electrons. The molecule has 2 fully saturated rings. The van der Waals surface area contributed by atoms with Gasteiger partial charge in [-0.2, -0.15) is 4.31 Å². The number of hydrogen-bond acceptors (Lipinski definition) is 4. The Bertz CT molecular complexity index is 577. The van der Waals surface area contributed by atoms with Crippen LogP contribution in [0.15, 0.2) is 30.3 Å². The Morgan fingerprint density at radius 3 is 2.58 bits per heavy atom. The highest BCUT2D eigenvalue weighted by Crippen LogP contribution is 2.37. The van der Waals surface area contributed by atoms with E-state index >= 15 is 0 Å². The van der Waals surface area contributed by atoms with E-state index in [0.29, 0.717) is 6.67 Å². The number of nitrogens with zero attached hydrogens (tertiary/aromatic N) is 2. The van der Waals surface area contributed by atoms with E-state index in [1.165, 1.54) is 19.3 Å². The fourth-order valence-corrected chi connectivity index (χ4v) is 5.10. The predicted octanol–water partition coefficient (Wildman–Crippen LogP) is 3.05. The minimum atomic E-state index is -1.24. The third kappa shape index (κ3) is 3.63. The van der Waals surface area contributed by atoms with Gasteiger partial charge in [-0.05, 0) is 33.2 Å². The highest BCUT2D eigenvalue weighted by Gasteiger charge is 2.48. The molecular weight excluding hydrogens is 338 g/mol. The van der Waals surface area contributed by atoms with Gasteiger partial charge in [-0.3, -0.25) is 10.2 Å². The molecule has 3 rings (SSSR count). The minimum absolute atomic E-state index is 0.213. The van der Waals surface area contributed by atoms with Crippen LogP contribution in [0, 0.1) is 5.92 Å². The maximum absolute atomic E-state index is 13.2. The van der Waals surface area contributed by atoms with Crippen molar-refractivity contribution < 1.29 is 4.55 Å². The normalized spacial score (nSPS) is 23.5. The molecule has 1 aromatic rings. The summed E-state index contributed by atoms with van der Waals surface area (Å²) in [7, 11) is 1.85. The number of benzene rings is 1. The molecule has 1 aliphatic carbocycles. The monoisotopic (exact) mass is 365 g/mol. The number of rotatable bonds is 7. The van der Waals surface area contributed by atoms with E-state index in [4.69, 9.17) is 12.2 Å². The van der Waals surface area contributed by atoms with Crippen LogP contribution in [0.2, 0.25) is 0 Å². The molecule has 24 heavy (non-hydrogen) atoms. The van der Waals surface area contributed by atoms with Crippen molar-refractivity contribution in [1.82, 2.24) is 14.5 Å². The lowest BCUT2D eigenvalue weighted by atomic mass is 10.1. The van der Waals surface area contributed by atoms with Gasteiger partial charge in [0, 0.05) is 12.1 Å². The van der Waals surface area contributed by atoms with Gasteiger partial charge in [0.25, 0.3) is 0 Å². The van der Waals surface area contributed by atoms with Crippen LogP contribution in [-0.2, 0) is 11.4 Å². The Balaban J connectivity index is 1.73. The summed E-state index contributed by atoms with van der Waals surface area (Å²) in [6.07, 6.45) is 3.95. The van der Waals surface area contributed by atoms with Gasteiger partial charge in [-0.25, -0.2) is 0 Å². The molecule has 1 saturated heterocycles. The van der Waals surface area contributed by atoms with Crippen molar-refractivity contribution in [3.63, 3.8) is 0 Å². The topological polar surface area (TPSA) is 41.6 Å². The number of hydrogen-bond donors (Lipinski definition) is 1. The van der Waals surface area contributed by atoms with Gasteiger partial charge >= 0.3 is 0 Å². The van der Waals surface area contributed by atoms with E-state index in [-0.39, 0.29) is 10.9 Å². The second kappa shape index (κ2) is 7.30. The van der Waals surface area contributed by atoms with Gasteiger partial charge in [0.15, 0.2) is 0 Å². The maximum atomic E-state index is 13.2. The summed E-state index contributed by atoms with van der Waals surface area (Å²) >= 11 is 4.47. The summed E-state index contributed by atoms with van der Waals surface area (Å²) < 4.78 is 15.1. The molecule has 2 aliphatic rings. The molecule has 4 nitrogen and oxygen atoms in total. The fraction of sp³-hybridized carbons (Fsp3) is 0.611. The third-order valence-electron chi connectivity index (χ3n) is 5.13. The van der Waals surface area contributed by atoms with Crippen LogP contribution < -0.4 is 5.32 Å². The molecule has 1 aromatic carbocycles. The number of nitrogens with one attached hydrogen (secondary N) is 1. The predicted molar refractivity (Wildman–Crippen MR) is 104 cm³/mol. The molecular formula is C18H27N3OS2. The van der Waals surface area contributed by atoms with Gasteiger partial charge in [-0.15, -0.1) is 0 Å². The van der Waals surface area contributed by atoms with Crippen molar-refractivity contribution in [2.75, 3.05) is 20.3 Å². The molecule has 0 aromatic heterocycles. The Kier molecular flexibility index (Phi) is 5.52. The highest BCUT2D eigenvalue weighted by molar-refractivity contribution is 7.91. The average Bonchev–Trinajstić information content (AvgIpc) is 3.36. The van der Waals surface area contributed by atoms with Crippen LogP contribution in [-0.4, -0.2) is 44.5 Å². The van der Waals surface area contributed by atoms with Gasteiger partial charge < -0.3 is 4.55 Å².